The van der Waals surface area contributed by atoms with Gasteiger partial charge in [0.2, 0.25) is 0 Å². The maximum atomic E-state index is 13.5. The molecular weight excluding hydrogens is 493 g/mol. The average molecular weight is 525 g/mol. The third-order valence-corrected chi connectivity index (χ3v) is 6.65. The lowest BCUT2D eigenvalue weighted by molar-refractivity contribution is -0.137. The molecule has 2 fully saturated rings. The number of rotatable bonds is 4. The van der Waals surface area contributed by atoms with E-state index in [9.17, 15) is 18.0 Å². The van der Waals surface area contributed by atoms with E-state index in [0.717, 1.165) is 12.1 Å². The minimum absolute atomic E-state index is 0.0556. The maximum Gasteiger partial charge on any atom is 0.417 e. The van der Waals surface area contributed by atoms with Crippen LogP contribution in [0.5, 0.6) is 0 Å². The fraction of sp³-hybridized carbons (Fsp3) is 0.583. The molecule has 2 aliphatic heterocycles. The molecule has 2 heterocycles. The molecule has 36 heavy (non-hydrogen) atoms. The van der Waals surface area contributed by atoms with Crippen molar-refractivity contribution in [3.8, 4) is 6.07 Å². The maximum absolute atomic E-state index is 13.5. The van der Waals surface area contributed by atoms with Gasteiger partial charge in [-0.3, -0.25) is 15.2 Å². The van der Waals surface area contributed by atoms with Crippen LogP contribution in [0.4, 0.5) is 23.7 Å². The van der Waals surface area contributed by atoms with Crippen molar-refractivity contribution in [2.75, 3.05) is 44.2 Å². The SMILES string of the molecule is CC(C)(C)OC(=O)N1CCN(CCN2C(=S)N(c3ccc(C#N)c(C(F)(F)F)c3)C(=N)C2(C)C)CC1. The van der Waals surface area contributed by atoms with Crippen molar-refractivity contribution >= 4 is 34.9 Å². The van der Waals surface area contributed by atoms with E-state index < -0.39 is 28.4 Å². The molecule has 0 aliphatic carbocycles. The number of piperazine rings is 1. The topological polar surface area (TPSA) is 86.9 Å². The smallest absolute Gasteiger partial charge is 0.417 e. The Morgan fingerprint density at radius 3 is 2.31 bits per heavy atom. The third-order valence-electron chi connectivity index (χ3n) is 6.25. The van der Waals surface area contributed by atoms with Gasteiger partial charge in [0.1, 0.15) is 11.4 Å². The summed E-state index contributed by atoms with van der Waals surface area (Å²) in [5, 5.41) is 18.0. The predicted octanol–water partition coefficient (Wildman–Crippen LogP) is 4.29. The number of carbonyl (C=O) groups is 1. The van der Waals surface area contributed by atoms with Gasteiger partial charge in [-0.25, -0.2) is 4.79 Å². The van der Waals surface area contributed by atoms with E-state index in [1.807, 2.05) is 25.7 Å². The van der Waals surface area contributed by atoms with Crippen LogP contribution in [-0.4, -0.2) is 82.1 Å². The summed E-state index contributed by atoms with van der Waals surface area (Å²) < 4.78 is 45.9. The van der Waals surface area contributed by atoms with Crippen LogP contribution in [0.15, 0.2) is 18.2 Å². The Morgan fingerprint density at radius 2 is 1.78 bits per heavy atom. The second-order valence-electron chi connectivity index (χ2n) is 10.3. The zero-order chi connectivity index (χ0) is 27.1. The Kier molecular flexibility index (Phi) is 7.58. The number of nitrogens with one attached hydrogen (secondary N) is 1. The number of halogens is 3. The van der Waals surface area contributed by atoms with Gasteiger partial charge in [0.15, 0.2) is 5.11 Å². The van der Waals surface area contributed by atoms with Gasteiger partial charge in [0.05, 0.1) is 28.4 Å². The van der Waals surface area contributed by atoms with Gasteiger partial charge in [0.25, 0.3) is 0 Å². The number of anilines is 1. The molecule has 2 aliphatic rings. The van der Waals surface area contributed by atoms with Crippen LogP contribution < -0.4 is 4.90 Å². The summed E-state index contributed by atoms with van der Waals surface area (Å²) in [7, 11) is 0. The van der Waals surface area contributed by atoms with Crippen LogP contribution in [0.1, 0.15) is 45.7 Å². The Morgan fingerprint density at radius 1 is 1.17 bits per heavy atom. The molecule has 0 aromatic heterocycles. The van der Waals surface area contributed by atoms with Gasteiger partial charge in [-0.1, -0.05) is 0 Å². The van der Waals surface area contributed by atoms with Crippen LogP contribution >= 0.6 is 12.2 Å². The largest absolute Gasteiger partial charge is 0.444 e. The van der Waals surface area contributed by atoms with Crippen LogP contribution in [-0.2, 0) is 10.9 Å². The summed E-state index contributed by atoms with van der Waals surface area (Å²) >= 11 is 5.61. The van der Waals surface area contributed by atoms with Gasteiger partial charge >= 0.3 is 12.3 Å². The lowest BCUT2D eigenvalue weighted by Gasteiger charge is -2.37. The number of carbonyl (C=O) groups excluding carboxylic acids is 1. The van der Waals surface area contributed by atoms with Crippen molar-refractivity contribution in [2.24, 2.45) is 0 Å². The normalized spacial score (nSPS) is 19.0. The molecule has 0 unspecified atom stereocenters. The zero-order valence-electron chi connectivity index (χ0n) is 21.1. The number of amidine groups is 1. The van der Waals surface area contributed by atoms with E-state index in [1.54, 1.807) is 24.8 Å². The van der Waals surface area contributed by atoms with E-state index in [-0.39, 0.29) is 22.7 Å². The van der Waals surface area contributed by atoms with Crippen LogP contribution in [0.25, 0.3) is 0 Å². The highest BCUT2D eigenvalue weighted by Crippen LogP contribution is 2.37. The van der Waals surface area contributed by atoms with E-state index >= 15 is 0 Å². The molecule has 0 bridgehead atoms. The highest BCUT2D eigenvalue weighted by molar-refractivity contribution is 7.80. The fourth-order valence-electron chi connectivity index (χ4n) is 4.20. The van der Waals surface area contributed by atoms with Crippen LogP contribution in [0, 0.1) is 16.7 Å². The molecular formula is C24H31F3N6O2S. The molecule has 12 heteroatoms. The third kappa shape index (κ3) is 5.73. The summed E-state index contributed by atoms with van der Waals surface area (Å²) in [6.45, 7) is 12.5. The number of alkyl halides is 3. The van der Waals surface area contributed by atoms with Crippen molar-refractivity contribution in [3.05, 3.63) is 29.3 Å². The van der Waals surface area contributed by atoms with Crippen molar-refractivity contribution in [1.29, 1.82) is 10.7 Å². The highest BCUT2D eigenvalue weighted by Gasteiger charge is 2.47. The molecule has 8 nitrogen and oxygen atoms in total. The average Bonchev–Trinajstić information content (AvgIpc) is 2.94. The highest BCUT2D eigenvalue weighted by atomic mass is 32.1. The van der Waals surface area contributed by atoms with Gasteiger partial charge < -0.3 is 14.5 Å². The van der Waals surface area contributed by atoms with Crippen molar-refractivity contribution in [1.82, 2.24) is 14.7 Å². The van der Waals surface area contributed by atoms with Crippen LogP contribution in [0.2, 0.25) is 0 Å². The Bertz CT molecular complexity index is 1080. The lowest BCUT2D eigenvalue weighted by Crippen LogP contribution is -2.53. The number of nitriles is 1. The standard InChI is InChI=1S/C24H31F3N6O2S/c1-22(2,3)35-21(34)31-11-8-30(9-12-31)10-13-32-20(36)33(19(29)23(32,4)5)17-7-6-16(15-28)18(14-17)24(25,26)27/h6-7,14,29H,8-13H2,1-5H3. The molecule has 2 saturated heterocycles. The van der Waals surface area contributed by atoms with Crippen molar-refractivity contribution in [3.63, 3.8) is 0 Å². The predicted molar refractivity (Wildman–Crippen MR) is 134 cm³/mol. The van der Waals surface area contributed by atoms with E-state index in [4.69, 9.17) is 27.6 Å². The summed E-state index contributed by atoms with van der Waals surface area (Å²) in [6, 6.07) is 4.93. The van der Waals surface area contributed by atoms with Crippen molar-refractivity contribution < 1.29 is 22.7 Å². The Labute approximate surface area is 214 Å². The number of amides is 1. The second kappa shape index (κ2) is 9.86. The molecule has 0 spiro atoms. The molecule has 0 atom stereocenters. The number of ether oxygens (including phenoxy) is 1. The van der Waals surface area contributed by atoms with Crippen molar-refractivity contribution in [2.45, 2.75) is 51.9 Å². The molecule has 1 amide bonds. The first-order valence-corrected chi connectivity index (χ1v) is 12.0. The number of nitrogens with zero attached hydrogens (tertiary/aromatic N) is 5. The first-order chi connectivity index (χ1) is 16.6. The Hall–Kier alpha value is -2.91. The zero-order valence-corrected chi connectivity index (χ0v) is 21.9. The van der Waals surface area contributed by atoms with Gasteiger partial charge in [-0.15, -0.1) is 0 Å². The monoisotopic (exact) mass is 524 g/mol. The summed E-state index contributed by atoms with van der Waals surface area (Å²) in [4.78, 5) is 19.3. The number of hydrogen-bond donors (Lipinski definition) is 1. The minimum Gasteiger partial charge on any atom is -0.444 e. The summed E-state index contributed by atoms with van der Waals surface area (Å²) in [5.41, 5.74) is -2.85. The van der Waals surface area contributed by atoms with Gasteiger partial charge in [-0.05, 0) is 65.0 Å². The molecule has 0 radical (unpaired) electrons. The molecule has 1 N–H and O–H groups in total. The minimum atomic E-state index is -4.71. The first-order valence-electron chi connectivity index (χ1n) is 11.6. The molecule has 1 aromatic rings. The number of thiocarbonyl (C=S) groups is 1. The van der Waals surface area contributed by atoms with E-state index in [2.05, 4.69) is 4.90 Å². The van der Waals surface area contributed by atoms with Crippen LogP contribution in [0.3, 0.4) is 0 Å². The summed E-state index contributed by atoms with van der Waals surface area (Å²) in [5.74, 6) is 0.0556. The summed E-state index contributed by atoms with van der Waals surface area (Å²) in [6.07, 6.45) is -5.05. The molecule has 1 aromatic carbocycles. The van der Waals surface area contributed by atoms with Gasteiger partial charge in [-0.2, -0.15) is 18.4 Å². The van der Waals surface area contributed by atoms with Gasteiger partial charge in [0, 0.05) is 39.3 Å². The number of hydrogen-bond acceptors (Lipinski definition) is 6. The van der Waals surface area contributed by atoms with E-state index in [1.165, 1.54) is 11.0 Å². The Balaban J connectivity index is 1.69. The number of benzene rings is 1. The quantitative estimate of drug-likeness (QED) is 0.588. The first kappa shape index (κ1) is 27.7. The molecule has 196 valence electrons. The molecule has 3 rings (SSSR count). The molecule has 0 saturated carbocycles. The van der Waals surface area contributed by atoms with E-state index in [0.29, 0.717) is 39.3 Å². The second-order valence-corrected chi connectivity index (χ2v) is 10.7. The lowest BCUT2D eigenvalue weighted by atomic mass is 10.0. The fourth-order valence-corrected chi connectivity index (χ4v) is 4.71.